The quantitative estimate of drug-likeness (QED) is 0.383. The number of aromatic carboxylic acids is 1. The van der Waals surface area contributed by atoms with Crippen LogP contribution in [0.4, 0.5) is 0 Å². The van der Waals surface area contributed by atoms with Crippen LogP contribution in [0.2, 0.25) is 11.8 Å². The van der Waals surface area contributed by atoms with Gasteiger partial charge >= 0.3 is 134 Å². The van der Waals surface area contributed by atoms with E-state index in [1.807, 2.05) is 12.1 Å². The van der Waals surface area contributed by atoms with E-state index in [1.165, 1.54) is 11.8 Å². The van der Waals surface area contributed by atoms with E-state index in [0.717, 1.165) is 5.56 Å². The molecule has 0 spiro atoms. The molecule has 3 aliphatic rings. The summed E-state index contributed by atoms with van der Waals surface area (Å²) in [7, 11) is 0. The fourth-order valence-corrected chi connectivity index (χ4v) is 21.3. The van der Waals surface area contributed by atoms with Gasteiger partial charge in [-0.25, -0.2) is 4.79 Å². The molecule has 1 radical (unpaired) electrons. The molecular weight excluding hydrogens is 499 g/mol. The van der Waals surface area contributed by atoms with Crippen LogP contribution in [-0.2, 0) is 5.41 Å². The maximum absolute atomic E-state index is 10.6. The van der Waals surface area contributed by atoms with Gasteiger partial charge in [0.05, 0.1) is 5.56 Å². The molecule has 0 atom stereocenters. The van der Waals surface area contributed by atoms with Crippen molar-refractivity contribution in [3.05, 3.63) is 35.4 Å². The van der Waals surface area contributed by atoms with Gasteiger partial charge in [-0.05, 0) is 23.1 Å². The number of hydrogen-bond donors (Lipinski definition) is 1. The standard InChI is InChI=1S/C11H14O2.3C6H11.Sn/c1-11(2,3)9-6-4-8(5-7-9)10(12)13;3*1-2-4-6-5-3-1;/h4-7H,1-3H3,(H,12,13);3*1H,2-6H2;. The summed E-state index contributed by atoms with van der Waals surface area (Å²) >= 11 is -1.15. The molecule has 0 bridgehead atoms. The maximum atomic E-state index is 10.6. The summed E-state index contributed by atoms with van der Waals surface area (Å²) in [5.74, 6) is -0.875. The molecule has 32 heavy (non-hydrogen) atoms. The van der Waals surface area contributed by atoms with Crippen LogP contribution in [0, 0.1) is 0 Å². The normalized spacial score (nSPS) is 21.8. The van der Waals surface area contributed by atoms with Crippen molar-refractivity contribution in [1.82, 2.24) is 0 Å². The fourth-order valence-electron chi connectivity index (χ4n) is 6.42. The number of benzene rings is 1. The molecule has 1 N–H and O–H groups in total. The molecule has 0 saturated heterocycles. The van der Waals surface area contributed by atoms with E-state index >= 15 is 0 Å². The van der Waals surface area contributed by atoms with Gasteiger partial charge in [0.15, 0.2) is 0 Å². The van der Waals surface area contributed by atoms with Crippen molar-refractivity contribution < 1.29 is 9.90 Å². The van der Waals surface area contributed by atoms with Crippen LogP contribution >= 0.6 is 0 Å². The van der Waals surface area contributed by atoms with Gasteiger partial charge in [-0.1, -0.05) is 32.9 Å². The Morgan fingerprint density at radius 2 is 1.03 bits per heavy atom. The van der Waals surface area contributed by atoms with Crippen LogP contribution in [-0.4, -0.2) is 30.8 Å². The van der Waals surface area contributed by atoms with E-state index in [0.29, 0.717) is 5.56 Å². The van der Waals surface area contributed by atoms with E-state index in [4.69, 9.17) is 5.11 Å². The zero-order valence-electron chi connectivity index (χ0n) is 21.0. The van der Waals surface area contributed by atoms with Crippen LogP contribution in [0.15, 0.2) is 24.3 Å². The predicted molar refractivity (Wildman–Crippen MR) is 138 cm³/mol. The van der Waals surface area contributed by atoms with Crippen molar-refractivity contribution in [3.63, 3.8) is 0 Å². The monoisotopic (exact) mass is 547 g/mol. The van der Waals surface area contributed by atoms with Crippen LogP contribution in [0.25, 0.3) is 0 Å². The van der Waals surface area contributed by atoms with Crippen molar-refractivity contribution in [2.75, 3.05) is 0 Å². The number of carboxylic acid groups (broad SMARTS) is 1. The SMILES string of the molecule is C1CC[CH]([Sn]([CH]2CCCCC2)[CH]2CCCCC2)CC1.CC(C)(C)c1ccc(C(=O)O)cc1. The smallest absolute Gasteiger partial charge is 0.335 e. The average Bonchev–Trinajstić information content (AvgIpc) is 2.81. The second kappa shape index (κ2) is 12.8. The Kier molecular flexibility index (Phi) is 10.5. The van der Waals surface area contributed by atoms with Gasteiger partial charge in [-0.2, -0.15) is 0 Å². The number of carboxylic acids is 1. The van der Waals surface area contributed by atoms with E-state index < -0.39 is 25.7 Å². The summed E-state index contributed by atoms with van der Waals surface area (Å²) in [6.45, 7) is 6.30. The molecule has 1 aromatic carbocycles. The molecule has 2 nitrogen and oxygen atoms in total. The second-order valence-electron chi connectivity index (χ2n) is 11.6. The topological polar surface area (TPSA) is 37.3 Å². The third-order valence-electron chi connectivity index (χ3n) is 8.23. The summed E-state index contributed by atoms with van der Waals surface area (Å²) in [6, 6.07) is 7.01. The minimum Gasteiger partial charge on any atom is -0.478 e. The molecule has 0 aromatic heterocycles. The predicted octanol–water partition coefficient (Wildman–Crippen LogP) is 9.17. The van der Waals surface area contributed by atoms with Gasteiger partial charge in [0.1, 0.15) is 0 Å². The Morgan fingerprint density at radius 3 is 1.31 bits per heavy atom. The van der Waals surface area contributed by atoms with Crippen LogP contribution in [0.1, 0.15) is 133 Å². The van der Waals surface area contributed by atoms with Gasteiger partial charge < -0.3 is 5.11 Å². The molecule has 179 valence electrons. The summed E-state index contributed by atoms with van der Waals surface area (Å²) in [4.78, 5) is 10.6. The molecule has 1 aromatic rings. The van der Waals surface area contributed by atoms with Crippen molar-refractivity contribution >= 4 is 25.7 Å². The molecule has 0 unspecified atom stereocenters. The first kappa shape index (κ1) is 26.1. The van der Waals surface area contributed by atoms with Crippen molar-refractivity contribution in [3.8, 4) is 0 Å². The number of hydrogen-bond acceptors (Lipinski definition) is 1. The summed E-state index contributed by atoms with van der Waals surface area (Å²) in [5, 5.41) is 8.68. The molecule has 3 saturated carbocycles. The number of carbonyl (C=O) groups is 1. The Bertz CT molecular complexity index is 629. The van der Waals surface area contributed by atoms with E-state index in [1.54, 1.807) is 108 Å². The van der Waals surface area contributed by atoms with Gasteiger partial charge in [-0.3, -0.25) is 0 Å². The molecule has 4 rings (SSSR count). The summed E-state index contributed by atoms with van der Waals surface area (Å²) in [5.41, 5.74) is 1.57. The minimum atomic E-state index is -1.15. The molecular formula is C29H47O2Sn. The van der Waals surface area contributed by atoms with E-state index in [2.05, 4.69) is 20.8 Å². The third kappa shape index (κ3) is 7.77. The van der Waals surface area contributed by atoms with Gasteiger partial charge in [0, 0.05) is 0 Å². The summed E-state index contributed by atoms with van der Waals surface area (Å²) in [6.07, 6.45) is 24.2. The Hall–Kier alpha value is -0.511. The van der Waals surface area contributed by atoms with Gasteiger partial charge in [-0.15, -0.1) is 0 Å². The largest absolute Gasteiger partial charge is 0.478 e. The van der Waals surface area contributed by atoms with Crippen molar-refractivity contribution in [2.45, 2.75) is 134 Å². The van der Waals surface area contributed by atoms with Crippen LogP contribution in [0.3, 0.4) is 0 Å². The molecule has 0 aliphatic heterocycles. The molecule has 3 heteroatoms. The van der Waals surface area contributed by atoms with Crippen LogP contribution in [0.5, 0.6) is 0 Å². The second-order valence-corrected chi connectivity index (χ2v) is 21.5. The third-order valence-corrected chi connectivity index (χ3v) is 21.2. The maximum Gasteiger partial charge on any atom is 0.335 e. The Morgan fingerprint density at radius 1 is 0.688 bits per heavy atom. The Balaban J connectivity index is 0.000000195. The van der Waals surface area contributed by atoms with E-state index in [-0.39, 0.29) is 5.41 Å². The minimum absolute atomic E-state index is 0.0804. The average molecular weight is 546 g/mol. The zero-order valence-corrected chi connectivity index (χ0v) is 23.9. The fraction of sp³-hybridized carbons (Fsp3) is 0.759. The van der Waals surface area contributed by atoms with Crippen LogP contribution < -0.4 is 0 Å². The molecule has 0 amide bonds. The Labute approximate surface area is 204 Å². The number of rotatable bonds is 4. The molecule has 3 fully saturated rings. The van der Waals surface area contributed by atoms with Crippen molar-refractivity contribution in [1.29, 1.82) is 0 Å². The first-order chi connectivity index (χ1) is 15.4. The molecule has 0 heterocycles. The van der Waals surface area contributed by atoms with Crippen molar-refractivity contribution in [2.24, 2.45) is 0 Å². The van der Waals surface area contributed by atoms with Gasteiger partial charge in [0.2, 0.25) is 0 Å². The first-order valence-corrected chi connectivity index (χ1v) is 18.5. The first-order valence-electron chi connectivity index (χ1n) is 13.6. The summed E-state index contributed by atoms with van der Waals surface area (Å²) < 4.78 is 3.96. The molecule has 3 aliphatic carbocycles. The zero-order chi connectivity index (χ0) is 23.0. The van der Waals surface area contributed by atoms with E-state index in [9.17, 15) is 4.79 Å². The van der Waals surface area contributed by atoms with Gasteiger partial charge in [0.25, 0.3) is 0 Å².